The molecular formula is C6H10N2. The van der Waals surface area contributed by atoms with Crippen LogP contribution in [0.4, 0.5) is 0 Å². The Balaban J connectivity index is 3.52. The second kappa shape index (κ2) is 4.27. The van der Waals surface area contributed by atoms with E-state index in [1.165, 1.54) is 0 Å². The van der Waals surface area contributed by atoms with Crippen molar-refractivity contribution in [3.05, 3.63) is 24.8 Å². The summed E-state index contributed by atoms with van der Waals surface area (Å²) in [7, 11) is 0. The zero-order valence-corrected chi connectivity index (χ0v) is 4.72. The Hall–Kier alpha value is -0.890. The molecule has 0 aromatic carbocycles. The predicted octanol–water partition coefficient (Wildman–Crippen LogP) is 0.707. The van der Waals surface area contributed by atoms with Crippen LogP contribution in [-0.2, 0) is 0 Å². The van der Waals surface area contributed by atoms with Crippen molar-refractivity contribution in [3.63, 3.8) is 0 Å². The van der Waals surface area contributed by atoms with Gasteiger partial charge in [-0.15, -0.1) is 0 Å². The zero-order chi connectivity index (χ0) is 6.41. The minimum absolute atomic E-state index is 0.296. The molecule has 2 heteroatoms. The van der Waals surface area contributed by atoms with Crippen LogP contribution in [0, 0.1) is 5.41 Å². The van der Waals surface area contributed by atoms with E-state index < -0.39 is 0 Å². The summed E-state index contributed by atoms with van der Waals surface area (Å²) in [5.41, 5.74) is 5.52. The Morgan fingerprint density at radius 3 is 2.75 bits per heavy atom. The molecule has 3 N–H and O–H groups in total. The normalized spacial score (nSPS) is 9.62. The average Bonchev–Trinajstić information content (AvgIpc) is 1.83. The molecule has 0 unspecified atom stereocenters. The third kappa shape index (κ3) is 3.31. The lowest BCUT2D eigenvalue weighted by Crippen LogP contribution is -2.08. The first-order valence-electron chi connectivity index (χ1n) is 2.38. The van der Waals surface area contributed by atoms with Crippen molar-refractivity contribution in [1.29, 1.82) is 5.41 Å². The van der Waals surface area contributed by atoms with Crippen LogP contribution in [0.5, 0.6) is 0 Å². The van der Waals surface area contributed by atoms with Crippen LogP contribution in [0.2, 0.25) is 0 Å². The van der Waals surface area contributed by atoms with E-state index in [2.05, 4.69) is 6.58 Å². The molecule has 2 nitrogen and oxygen atoms in total. The average molecular weight is 110 g/mol. The predicted molar refractivity (Wildman–Crippen MR) is 36.1 cm³/mol. The summed E-state index contributed by atoms with van der Waals surface area (Å²) in [4.78, 5) is 0. The van der Waals surface area contributed by atoms with Gasteiger partial charge in [-0.1, -0.05) is 18.7 Å². The molecule has 0 aliphatic heterocycles. The van der Waals surface area contributed by atoms with Crippen molar-refractivity contribution in [2.75, 3.05) is 6.54 Å². The quantitative estimate of drug-likeness (QED) is 0.408. The molecule has 44 valence electrons. The lowest BCUT2D eigenvalue weighted by atomic mass is 10.3. The first-order valence-corrected chi connectivity index (χ1v) is 2.38. The van der Waals surface area contributed by atoms with Crippen molar-refractivity contribution in [2.45, 2.75) is 0 Å². The molecule has 0 fully saturated rings. The van der Waals surface area contributed by atoms with Crippen molar-refractivity contribution in [3.8, 4) is 0 Å². The van der Waals surface area contributed by atoms with Crippen LogP contribution in [0.1, 0.15) is 0 Å². The number of allylic oxidation sites excluding steroid dienone is 2. The highest BCUT2D eigenvalue weighted by Gasteiger charge is 1.78. The minimum Gasteiger partial charge on any atom is -0.325 e. The molecular weight excluding hydrogens is 100 g/mol. The smallest absolute Gasteiger partial charge is 0.0449 e. The van der Waals surface area contributed by atoms with Gasteiger partial charge in [0.05, 0.1) is 0 Å². The molecule has 0 saturated heterocycles. The van der Waals surface area contributed by atoms with Crippen LogP contribution < -0.4 is 5.73 Å². The number of nitrogens with two attached hydrogens (primary N) is 1. The number of hydrogen-bond acceptors (Lipinski definition) is 2. The Bertz CT molecular complexity index is 114. The summed E-state index contributed by atoms with van der Waals surface area (Å²) in [6.07, 6.45) is 4.92. The summed E-state index contributed by atoms with van der Waals surface area (Å²) in [5.74, 6) is 0. The van der Waals surface area contributed by atoms with Gasteiger partial charge in [-0.3, -0.25) is 0 Å². The third-order valence-corrected chi connectivity index (χ3v) is 0.653. The molecule has 0 aromatic rings. The number of hydrogen-bond donors (Lipinski definition) is 2. The van der Waals surface area contributed by atoms with E-state index in [0.29, 0.717) is 12.3 Å². The second-order valence-electron chi connectivity index (χ2n) is 1.32. The third-order valence-electron chi connectivity index (χ3n) is 0.653. The second-order valence-corrected chi connectivity index (χ2v) is 1.32. The van der Waals surface area contributed by atoms with E-state index >= 15 is 0 Å². The first kappa shape index (κ1) is 7.11. The number of rotatable bonds is 3. The van der Waals surface area contributed by atoms with Crippen LogP contribution in [0.25, 0.3) is 0 Å². The van der Waals surface area contributed by atoms with Crippen LogP contribution in [0.15, 0.2) is 24.8 Å². The first-order chi connectivity index (χ1) is 3.81. The van der Waals surface area contributed by atoms with Gasteiger partial charge in [0.25, 0.3) is 0 Å². The minimum atomic E-state index is 0.296. The summed E-state index contributed by atoms with van der Waals surface area (Å²) < 4.78 is 0. The van der Waals surface area contributed by atoms with Gasteiger partial charge in [0.1, 0.15) is 0 Å². The highest BCUT2D eigenvalue weighted by molar-refractivity contribution is 5.93. The van der Waals surface area contributed by atoms with Crippen molar-refractivity contribution >= 4 is 5.71 Å². The highest BCUT2D eigenvalue weighted by Crippen LogP contribution is 1.73. The van der Waals surface area contributed by atoms with Gasteiger partial charge in [0.2, 0.25) is 0 Å². The molecule has 0 spiro atoms. The SMILES string of the molecule is C=C/C=C\C(=N)CN. The lowest BCUT2D eigenvalue weighted by molar-refractivity contribution is 1.28. The Morgan fingerprint density at radius 1 is 1.75 bits per heavy atom. The van der Waals surface area contributed by atoms with E-state index in [9.17, 15) is 0 Å². The maximum Gasteiger partial charge on any atom is 0.0449 e. The summed E-state index contributed by atoms with van der Waals surface area (Å²) in [6.45, 7) is 3.74. The van der Waals surface area contributed by atoms with Gasteiger partial charge in [0, 0.05) is 12.3 Å². The Labute approximate surface area is 49.2 Å². The molecule has 0 aliphatic carbocycles. The molecule has 0 radical (unpaired) electrons. The van der Waals surface area contributed by atoms with E-state index in [4.69, 9.17) is 11.1 Å². The Kier molecular flexibility index (Phi) is 3.80. The van der Waals surface area contributed by atoms with Gasteiger partial charge < -0.3 is 11.1 Å². The molecule has 0 saturated carbocycles. The van der Waals surface area contributed by atoms with E-state index in [-0.39, 0.29) is 0 Å². The lowest BCUT2D eigenvalue weighted by Gasteiger charge is -1.84. The van der Waals surface area contributed by atoms with Crippen molar-refractivity contribution in [1.82, 2.24) is 0 Å². The van der Waals surface area contributed by atoms with E-state index in [0.717, 1.165) is 0 Å². The highest BCUT2D eigenvalue weighted by atomic mass is 14.6. The molecule has 0 atom stereocenters. The van der Waals surface area contributed by atoms with Gasteiger partial charge in [0.15, 0.2) is 0 Å². The summed E-state index contributed by atoms with van der Waals surface area (Å²) >= 11 is 0. The fourth-order valence-corrected chi connectivity index (χ4v) is 0.252. The molecule has 0 heterocycles. The Morgan fingerprint density at radius 2 is 2.38 bits per heavy atom. The molecule has 0 aliphatic rings. The molecule has 0 rings (SSSR count). The molecule has 8 heavy (non-hydrogen) atoms. The standard InChI is InChI=1S/C6H10N2/c1-2-3-4-6(8)5-7/h2-4,8H,1,5,7H2/b4-3-,8-6?. The fourth-order valence-electron chi connectivity index (χ4n) is 0.252. The van der Waals surface area contributed by atoms with Crippen molar-refractivity contribution < 1.29 is 0 Å². The van der Waals surface area contributed by atoms with Crippen LogP contribution in [-0.4, -0.2) is 12.3 Å². The fraction of sp³-hybridized carbons (Fsp3) is 0.167. The monoisotopic (exact) mass is 110 g/mol. The van der Waals surface area contributed by atoms with Crippen molar-refractivity contribution in [2.24, 2.45) is 5.73 Å². The van der Waals surface area contributed by atoms with Gasteiger partial charge in [-0.25, -0.2) is 0 Å². The number of nitrogens with one attached hydrogen (secondary N) is 1. The van der Waals surface area contributed by atoms with Crippen LogP contribution in [0.3, 0.4) is 0 Å². The maximum atomic E-state index is 6.98. The van der Waals surface area contributed by atoms with Gasteiger partial charge in [-0.05, 0) is 6.08 Å². The van der Waals surface area contributed by atoms with Gasteiger partial charge in [-0.2, -0.15) is 0 Å². The van der Waals surface area contributed by atoms with Crippen LogP contribution >= 0.6 is 0 Å². The summed E-state index contributed by atoms with van der Waals surface area (Å²) in [6, 6.07) is 0. The maximum absolute atomic E-state index is 6.98. The topological polar surface area (TPSA) is 49.9 Å². The van der Waals surface area contributed by atoms with Gasteiger partial charge >= 0.3 is 0 Å². The largest absolute Gasteiger partial charge is 0.325 e. The van der Waals surface area contributed by atoms with E-state index in [1.807, 2.05) is 0 Å². The zero-order valence-electron chi connectivity index (χ0n) is 4.72. The molecule has 0 bridgehead atoms. The van der Waals surface area contributed by atoms with E-state index in [1.54, 1.807) is 18.2 Å². The summed E-state index contributed by atoms with van der Waals surface area (Å²) in [5, 5.41) is 6.98. The molecule has 0 aromatic heterocycles. The molecule has 0 amide bonds.